The van der Waals surface area contributed by atoms with Crippen molar-refractivity contribution in [3.63, 3.8) is 0 Å². The summed E-state index contributed by atoms with van der Waals surface area (Å²) >= 11 is 1.51. The largest absolute Gasteiger partial charge is 0.338 e. The van der Waals surface area contributed by atoms with Crippen LogP contribution in [0.3, 0.4) is 0 Å². The fraction of sp³-hybridized carbons (Fsp3) is 0.412. The number of aryl methyl sites for hydroxylation is 2. The van der Waals surface area contributed by atoms with Crippen LogP contribution in [0.1, 0.15) is 35.7 Å². The van der Waals surface area contributed by atoms with Crippen LogP contribution in [0, 0.1) is 12.7 Å². The van der Waals surface area contributed by atoms with E-state index in [4.69, 9.17) is 0 Å². The fourth-order valence-electron chi connectivity index (χ4n) is 2.85. The van der Waals surface area contributed by atoms with Gasteiger partial charge in [-0.15, -0.1) is 11.8 Å². The number of thioether (sulfide) groups is 1. The maximum absolute atomic E-state index is 13.8. The zero-order chi connectivity index (χ0) is 16.9. The Kier molecular flexibility index (Phi) is 5.40. The normalized spacial score (nSPS) is 16.5. The molecule has 3 rings (SSSR count). The van der Waals surface area contributed by atoms with Gasteiger partial charge < -0.3 is 10.6 Å². The Balaban J connectivity index is 1.48. The van der Waals surface area contributed by atoms with Crippen LogP contribution in [-0.2, 0) is 6.42 Å². The van der Waals surface area contributed by atoms with Gasteiger partial charge in [0.15, 0.2) is 0 Å². The van der Waals surface area contributed by atoms with Crippen molar-refractivity contribution in [1.82, 2.24) is 20.8 Å². The molecular formula is C17H21FN4OS. The number of H-pyrrole nitrogens is 1. The van der Waals surface area contributed by atoms with Gasteiger partial charge in [-0.2, -0.15) is 5.10 Å². The first-order valence-electron chi connectivity index (χ1n) is 8.09. The summed E-state index contributed by atoms with van der Waals surface area (Å²) in [6.45, 7) is 2.58. The molecule has 0 spiro atoms. The van der Waals surface area contributed by atoms with E-state index in [2.05, 4.69) is 20.8 Å². The van der Waals surface area contributed by atoms with E-state index in [1.807, 2.05) is 19.2 Å². The van der Waals surface area contributed by atoms with Gasteiger partial charge in [0.25, 0.3) is 0 Å². The lowest BCUT2D eigenvalue weighted by molar-refractivity contribution is 0.236. The number of nitrogens with one attached hydrogen (secondary N) is 3. The first-order chi connectivity index (χ1) is 11.6. The van der Waals surface area contributed by atoms with E-state index in [0.717, 1.165) is 36.3 Å². The number of rotatable bonds is 5. The standard InChI is InChI=1S/C17H21FN4OS/c1-11-12(10-20-22-11)4-3-8-19-17(23)21-15-7-9-24-16-13(15)5-2-6-14(16)18/h2,5-6,10,15H,3-4,7-9H2,1H3,(H,20,22)(H2,19,21,23)/t15-/m0/s1. The van der Waals surface area contributed by atoms with Gasteiger partial charge in [0.2, 0.25) is 0 Å². The first kappa shape index (κ1) is 16.8. The molecule has 1 aromatic heterocycles. The molecule has 0 fully saturated rings. The lowest BCUT2D eigenvalue weighted by atomic mass is 10.0. The van der Waals surface area contributed by atoms with Crippen molar-refractivity contribution in [1.29, 1.82) is 0 Å². The molecule has 1 aromatic carbocycles. The van der Waals surface area contributed by atoms with Gasteiger partial charge >= 0.3 is 6.03 Å². The van der Waals surface area contributed by atoms with E-state index in [9.17, 15) is 9.18 Å². The van der Waals surface area contributed by atoms with Crippen LogP contribution in [0.5, 0.6) is 0 Å². The topological polar surface area (TPSA) is 69.8 Å². The van der Waals surface area contributed by atoms with Crippen molar-refractivity contribution in [2.75, 3.05) is 12.3 Å². The molecule has 2 aromatic rings. The predicted octanol–water partition coefficient (Wildman–Crippen LogP) is 3.33. The summed E-state index contributed by atoms with van der Waals surface area (Å²) in [4.78, 5) is 12.7. The SMILES string of the molecule is Cc1[nH]ncc1CCCNC(=O)N[C@H]1CCSc2c(F)cccc21. The number of hydrogen-bond donors (Lipinski definition) is 3. The van der Waals surface area contributed by atoms with Crippen LogP contribution in [0.4, 0.5) is 9.18 Å². The lowest BCUT2D eigenvalue weighted by Gasteiger charge is -2.26. The molecule has 24 heavy (non-hydrogen) atoms. The molecule has 128 valence electrons. The highest BCUT2D eigenvalue weighted by Crippen LogP contribution is 2.37. The van der Waals surface area contributed by atoms with Crippen molar-refractivity contribution < 1.29 is 9.18 Å². The Bertz CT molecular complexity index is 718. The second-order valence-electron chi connectivity index (χ2n) is 5.87. The molecule has 0 bridgehead atoms. The molecule has 1 atom stereocenters. The molecule has 2 amide bonds. The van der Waals surface area contributed by atoms with Gasteiger partial charge in [-0.1, -0.05) is 12.1 Å². The van der Waals surface area contributed by atoms with Gasteiger partial charge in [0.05, 0.1) is 12.2 Å². The van der Waals surface area contributed by atoms with Gasteiger partial charge in [-0.05, 0) is 43.4 Å². The van der Waals surface area contributed by atoms with Crippen LogP contribution < -0.4 is 10.6 Å². The van der Waals surface area contributed by atoms with E-state index in [0.29, 0.717) is 11.4 Å². The molecule has 5 nitrogen and oxygen atoms in total. The van der Waals surface area contributed by atoms with Crippen molar-refractivity contribution in [3.05, 3.63) is 47.0 Å². The molecule has 0 saturated heterocycles. The third-order valence-electron chi connectivity index (χ3n) is 4.17. The number of aromatic nitrogens is 2. The highest BCUT2D eigenvalue weighted by atomic mass is 32.2. The minimum absolute atomic E-state index is 0.131. The fourth-order valence-corrected chi connectivity index (χ4v) is 3.99. The van der Waals surface area contributed by atoms with Crippen LogP contribution in [-0.4, -0.2) is 28.5 Å². The summed E-state index contributed by atoms with van der Waals surface area (Å²) in [7, 11) is 0. The van der Waals surface area contributed by atoms with Gasteiger partial charge in [0.1, 0.15) is 5.82 Å². The van der Waals surface area contributed by atoms with Crippen molar-refractivity contribution in [2.45, 2.75) is 37.1 Å². The Hall–Kier alpha value is -2.02. The van der Waals surface area contributed by atoms with E-state index < -0.39 is 0 Å². The molecule has 1 aliphatic rings. The zero-order valence-corrected chi connectivity index (χ0v) is 14.4. The maximum atomic E-state index is 13.8. The van der Waals surface area contributed by atoms with E-state index in [1.54, 1.807) is 6.07 Å². The second-order valence-corrected chi connectivity index (χ2v) is 6.98. The Morgan fingerprint density at radius 2 is 2.38 bits per heavy atom. The lowest BCUT2D eigenvalue weighted by Crippen LogP contribution is -2.39. The van der Waals surface area contributed by atoms with Crippen LogP contribution in [0.25, 0.3) is 0 Å². The number of carbonyl (C=O) groups is 1. The Labute approximate surface area is 144 Å². The van der Waals surface area contributed by atoms with Gasteiger partial charge in [-0.25, -0.2) is 9.18 Å². The van der Waals surface area contributed by atoms with E-state index in [-0.39, 0.29) is 17.9 Å². The number of fused-ring (bicyclic) bond motifs is 1. The van der Waals surface area contributed by atoms with Gasteiger partial charge in [-0.3, -0.25) is 5.10 Å². The van der Waals surface area contributed by atoms with Crippen LogP contribution in [0.2, 0.25) is 0 Å². The molecule has 0 unspecified atom stereocenters. The first-order valence-corrected chi connectivity index (χ1v) is 9.08. The minimum Gasteiger partial charge on any atom is -0.338 e. The molecular weight excluding hydrogens is 327 g/mol. The predicted molar refractivity (Wildman–Crippen MR) is 92.7 cm³/mol. The number of urea groups is 1. The highest BCUT2D eigenvalue weighted by molar-refractivity contribution is 7.99. The molecule has 0 saturated carbocycles. The molecule has 0 aliphatic carbocycles. The summed E-state index contributed by atoms with van der Waals surface area (Å²) < 4.78 is 13.8. The summed E-state index contributed by atoms with van der Waals surface area (Å²) in [5.74, 6) is 0.596. The third-order valence-corrected chi connectivity index (χ3v) is 5.33. The number of carbonyl (C=O) groups excluding carboxylic acids is 1. The third kappa shape index (κ3) is 3.90. The zero-order valence-electron chi connectivity index (χ0n) is 13.6. The molecule has 1 aliphatic heterocycles. The highest BCUT2D eigenvalue weighted by Gasteiger charge is 2.24. The summed E-state index contributed by atoms with van der Waals surface area (Å²) in [6.07, 6.45) is 4.35. The minimum atomic E-state index is -0.208. The average molecular weight is 348 g/mol. The molecule has 7 heteroatoms. The number of aromatic amines is 1. The second kappa shape index (κ2) is 7.70. The smallest absolute Gasteiger partial charge is 0.315 e. The monoisotopic (exact) mass is 348 g/mol. The Morgan fingerprint density at radius 3 is 3.17 bits per heavy atom. The van der Waals surface area contributed by atoms with Crippen molar-refractivity contribution >= 4 is 17.8 Å². The van der Waals surface area contributed by atoms with Crippen LogP contribution >= 0.6 is 11.8 Å². The summed E-state index contributed by atoms with van der Waals surface area (Å²) in [6, 6.07) is 4.71. The number of benzene rings is 1. The Morgan fingerprint density at radius 1 is 1.50 bits per heavy atom. The molecule has 2 heterocycles. The molecule has 3 N–H and O–H groups in total. The number of nitrogens with zero attached hydrogens (tertiary/aromatic N) is 1. The van der Waals surface area contributed by atoms with Crippen LogP contribution in [0.15, 0.2) is 29.3 Å². The maximum Gasteiger partial charge on any atom is 0.315 e. The van der Waals surface area contributed by atoms with E-state index in [1.165, 1.54) is 23.4 Å². The number of amides is 2. The summed E-state index contributed by atoms with van der Waals surface area (Å²) in [5.41, 5.74) is 3.11. The van der Waals surface area contributed by atoms with E-state index >= 15 is 0 Å². The van der Waals surface area contributed by atoms with Gasteiger partial charge in [0, 0.05) is 22.9 Å². The quantitative estimate of drug-likeness (QED) is 0.726. The van der Waals surface area contributed by atoms with Crippen molar-refractivity contribution in [3.8, 4) is 0 Å². The molecule has 0 radical (unpaired) electrons. The average Bonchev–Trinajstić information content (AvgIpc) is 2.98. The number of hydrogen-bond acceptors (Lipinski definition) is 3. The van der Waals surface area contributed by atoms with Crippen molar-refractivity contribution in [2.24, 2.45) is 0 Å². The number of halogens is 1. The summed E-state index contributed by atoms with van der Waals surface area (Å²) in [5, 5.41) is 12.7.